The van der Waals surface area contributed by atoms with Crippen molar-refractivity contribution in [3.63, 3.8) is 0 Å². The monoisotopic (exact) mass is 150 g/mol. The summed E-state index contributed by atoms with van der Waals surface area (Å²) in [7, 11) is 0. The summed E-state index contributed by atoms with van der Waals surface area (Å²) in [5.41, 5.74) is 4.10. The lowest BCUT2D eigenvalue weighted by atomic mass is 10.1. The van der Waals surface area contributed by atoms with Crippen molar-refractivity contribution >= 4 is 0 Å². The van der Waals surface area contributed by atoms with Gasteiger partial charge in [-0.05, 0) is 31.7 Å². The van der Waals surface area contributed by atoms with E-state index in [0.29, 0.717) is 0 Å². The van der Waals surface area contributed by atoms with Crippen LogP contribution in [0.25, 0.3) is 0 Å². The van der Waals surface area contributed by atoms with Gasteiger partial charge in [-0.2, -0.15) is 5.10 Å². The molecule has 1 aromatic heterocycles. The van der Waals surface area contributed by atoms with Crippen LogP contribution in [0.3, 0.4) is 0 Å². The Bertz CT molecular complexity index is 263. The molecule has 0 saturated carbocycles. The summed E-state index contributed by atoms with van der Waals surface area (Å²) in [6.45, 7) is 4.35. The SMILES string of the molecule is CC[C@@H]1CCc2c1n[nH]c2C. The highest BCUT2D eigenvalue weighted by atomic mass is 15.1. The zero-order valence-corrected chi connectivity index (χ0v) is 7.15. The molecule has 1 aliphatic carbocycles. The van der Waals surface area contributed by atoms with Gasteiger partial charge in [-0.15, -0.1) is 0 Å². The van der Waals surface area contributed by atoms with Crippen LogP contribution in [-0.4, -0.2) is 10.2 Å². The van der Waals surface area contributed by atoms with E-state index in [2.05, 4.69) is 24.0 Å². The molecule has 1 aliphatic rings. The molecular formula is C9H14N2. The van der Waals surface area contributed by atoms with Gasteiger partial charge in [0.25, 0.3) is 0 Å². The Labute approximate surface area is 67.0 Å². The second-order valence-electron chi connectivity index (χ2n) is 3.36. The number of hydrogen-bond donors (Lipinski definition) is 1. The smallest absolute Gasteiger partial charge is 0.0687 e. The summed E-state index contributed by atoms with van der Waals surface area (Å²) in [5, 5.41) is 7.38. The molecule has 11 heavy (non-hydrogen) atoms. The standard InChI is InChI=1S/C9H14N2/c1-3-7-4-5-8-6(2)10-11-9(7)8/h7H,3-5H2,1-2H3,(H,10,11)/t7-/m1/s1. The van der Waals surface area contributed by atoms with Crippen LogP contribution in [0.5, 0.6) is 0 Å². The molecule has 2 nitrogen and oxygen atoms in total. The minimum Gasteiger partial charge on any atom is -0.282 e. The maximum atomic E-state index is 4.32. The van der Waals surface area contributed by atoms with Gasteiger partial charge in [0.1, 0.15) is 0 Å². The maximum Gasteiger partial charge on any atom is 0.0687 e. The first-order chi connectivity index (χ1) is 5.33. The van der Waals surface area contributed by atoms with E-state index in [1.165, 1.54) is 36.2 Å². The Balaban J connectivity index is 2.40. The average molecular weight is 150 g/mol. The van der Waals surface area contributed by atoms with E-state index in [4.69, 9.17) is 0 Å². The van der Waals surface area contributed by atoms with E-state index in [0.717, 1.165) is 5.92 Å². The normalized spacial score (nSPS) is 22.2. The predicted molar refractivity (Wildman–Crippen MR) is 44.7 cm³/mol. The number of nitrogens with zero attached hydrogens (tertiary/aromatic N) is 1. The molecule has 0 bridgehead atoms. The molecule has 0 fully saturated rings. The summed E-state index contributed by atoms with van der Waals surface area (Å²) in [4.78, 5) is 0. The van der Waals surface area contributed by atoms with Crippen LogP contribution < -0.4 is 0 Å². The highest BCUT2D eigenvalue weighted by molar-refractivity contribution is 5.31. The number of nitrogens with one attached hydrogen (secondary N) is 1. The van der Waals surface area contributed by atoms with E-state index >= 15 is 0 Å². The Morgan fingerprint density at radius 1 is 1.64 bits per heavy atom. The first-order valence-electron chi connectivity index (χ1n) is 4.36. The van der Waals surface area contributed by atoms with Crippen LogP contribution in [0.15, 0.2) is 0 Å². The number of rotatable bonds is 1. The number of aromatic nitrogens is 2. The lowest BCUT2D eigenvalue weighted by molar-refractivity contribution is 0.632. The molecule has 0 aromatic carbocycles. The van der Waals surface area contributed by atoms with Crippen LogP contribution in [0.2, 0.25) is 0 Å². The highest BCUT2D eigenvalue weighted by Crippen LogP contribution is 2.34. The second kappa shape index (κ2) is 2.36. The van der Waals surface area contributed by atoms with Crippen LogP contribution >= 0.6 is 0 Å². The summed E-state index contributed by atoms with van der Waals surface area (Å²) in [6, 6.07) is 0. The molecule has 0 radical (unpaired) electrons. The average Bonchev–Trinajstić information content (AvgIpc) is 2.53. The number of aryl methyl sites for hydroxylation is 1. The van der Waals surface area contributed by atoms with Crippen LogP contribution in [-0.2, 0) is 6.42 Å². The molecule has 1 heterocycles. The molecule has 0 saturated heterocycles. The molecule has 2 rings (SSSR count). The van der Waals surface area contributed by atoms with Gasteiger partial charge in [0.05, 0.1) is 5.69 Å². The predicted octanol–water partition coefficient (Wildman–Crippen LogP) is 2.16. The fourth-order valence-corrected chi connectivity index (χ4v) is 1.98. The highest BCUT2D eigenvalue weighted by Gasteiger charge is 2.24. The zero-order valence-electron chi connectivity index (χ0n) is 7.15. The summed E-state index contributed by atoms with van der Waals surface area (Å²) in [5.74, 6) is 0.731. The van der Waals surface area contributed by atoms with E-state index in [1.807, 2.05) is 0 Å². The van der Waals surface area contributed by atoms with Crippen molar-refractivity contribution in [2.45, 2.75) is 39.0 Å². The van der Waals surface area contributed by atoms with Gasteiger partial charge in [-0.25, -0.2) is 0 Å². The molecule has 2 heteroatoms. The molecule has 60 valence electrons. The molecule has 0 amide bonds. The van der Waals surface area contributed by atoms with E-state index < -0.39 is 0 Å². The fraction of sp³-hybridized carbons (Fsp3) is 0.667. The minimum absolute atomic E-state index is 0.731. The number of H-pyrrole nitrogens is 1. The Morgan fingerprint density at radius 3 is 3.18 bits per heavy atom. The van der Waals surface area contributed by atoms with E-state index in [9.17, 15) is 0 Å². The van der Waals surface area contributed by atoms with Crippen molar-refractivity contribution in [1.82, 2.24) is 10.2 Å². The quantitative estimate of drug-likeness (QED) is 0.653. The maximum absolute atomic E-state index is 4.32. The third kappa shape index (κ3) is 0.889. The van der Waals surface area contributed by atoms with E-state index in [1.54, 1.807) is 0 Å². The van der Waals surface area contributed by atoms with Crippen molar-refractivity contribution in [2.24, 2.45) is 0 Å². The molecular weight excluding hydrogens is 136 g/mol. The summed E-state index contributed by atoms with van der Waals surface area (Å²) < 4.78 is 0. The van der Waals surface area contributed by atoms with Crippen LogP contribution in [0.4, 0.5) is 0 Å². The molecule has 1 N–H and O–H groups in total. The molecule has 1 atom stereocenters. The minimum atomic E-state index is 0.731. The number of hydrogen-bond acceptors (Lipinski definition) is 1. The van der Waals surface area contributed by atoms with Gasteiger partial charge in [0.15, 0.2) is 0 Å². The number of fused-ring (bicyclic) bond motifs is 1. The van der Waals surface area contributed by atoms with Crippen molar-refractivity contribution in [3.05, 3.63) is 17.0 Å². The Kier molecular flexibility index (Phi) is 1.48. The topological polar surface area (TPSA) is 28.7 Å². The van der Waals surface area contributed by atoms with Gasteiger partial charge in [-0.1, -0.05) is 6.92 Å². The third-order valence-electron chi connectivity index (χ3n) is 2.73. The second-order valence-corrected chi connectivity index (χ2v) is 3.36. The zero-order chi connectivity index (χ0) is 7.84. The Morgan fingerprint density at radius 2 is 2.45 bits per heavy atom. The third-order valence-corrected chi connectivity index (χ3v) is 2.73. The van der Waals surface area contributed by atoms with Crippen molar-refractivity contribution < 1.29 is 0 Å². The lowest BCUT2D eigenvalue weighted by Crippen LogP contribution is -1.91. The molecule has 1 aromatic rings. The van der Waals surface area contributed by atoms with Gasteiger partial charge in [0.2, 0.25) is 0 Å². The molecule has 0 aliphatic heterocycles. The largest absolute Gasteiger partial charge is 0.282 e. The van der Waals surface area contributed by atoms with Gasteiger partial charge in [0, 0.05) is 11.6 Å². The molecule has 0 unspecified atom stereocenters. The van der Waals surface area contributed by atoms with Crippen LogP contribution in [0.1, 0.15) is 42.6 Å². The fourth-order valence-electron chi connectivity index (χ4n) is 1.98. The Hall–Kier alpha value is -0.790. The van der Waals surface area contributed by atoms with E-state index in [-0.39, 0.29) is 0 Å². The van der Waals surface area contributed by atoms with Crippen molar-refractivity contribution in [3.8, 4) is 0 Å². The van der Waals surface area contributed by atoms with Gasteiger partial charge < -0.3 is 0 Å². The number of aromatic amines is 1. The van der Waals surface area contributed by atoms with Gasteiger partial charge in [-0.3, -0.25) is 5.10 Å². The van der Waals surface area contributed by atoms with Crippen LogP contribution in [0, 0.1) is 6.92 Å². The van der Waals surface area contributed by atoms with Crippen molar-refractivity contribution in [1.29, 1.82) is 0 Å². The lowest BCUT2D eigenvalue weighted by Gasteiger charge is -2.01. The van der Waals surface area contributed by atoms with Crippen molar-refractivity contribution in [2.75, 3.05) is 0 Å². The summed E-state index contributed by atoms with van der Waals surface area (Å²) >= 11 is 0. The molecule has 0 spiro atoms. The first kappa shape index (κ1) is 6.89. The van der Waals surface area contributed by atoms with Gasteiger partial charge >= 0.3 is 0 Å². The summed E-state index contributed by atoms with van der Waals surface area (Å²) in [6.07, 6.45) is 3.77. The first-order valence-corrected chi connectivity index (χ1v) is 4.36.